The molecule has 3 N–H and O–H groups in total. The van der Waals surface area contributed by atoms with Crippen molar-refractivity contribution in [2.75, 3.05) is 30.5 Å². The minimum atomic E-state index is -0.596. The van der Waals surface area contributed by atoms with E-state index in [1.54, 1.807) is 16.8 Å². The molecule has 7 nitrogen and oxygen atoms in total. The Labute approximate surface area is 158 Å². The highest BCUT2D eigenvalue weighted by Crippen LogP contribution is 2.35. The van der Waals surface area contributed by atoms with Crippen LogP contribution in [0.2, 0.25) is 0 Å². The lowest BCUT2D eigenvalue weighted by Crippen LogP contribution is -2.46. The van der Waals surface area contributed by atoms with Crippen molar-refractivity contribution in [3.8, 4) is 17.0 Å². The summed E-state index contributed by atoms with van der Waals surface area (Å²) < 4.78 is 20.7. The molecule has 1 atom stereocenters. The normalized spacial score (nSPS) is 20.2. The van der Waals surface area contributed by atoms with Crippen LogP contribution in [-0.2, 0) is 0 Å². The summed E-state index contributed by atoms with van der Waals surface area (Å²) in [6, 6.07) is 4.34. The number of hydrogen-bond acceptors (Lipinski definition) is 8. The van der Waals surface area contributed by atoms with E-state index in [9.17, 15) is 9.50 Å². The maximum absolute atomic E-state index is 13.6. The number of anilines is 1. The van der Waals surface area contributed by atoms with Gasteiger partial charge in [-0.05, 0) is 18.6 Å². The first kappa shape index (κ1) is 17.5. The van der Waals surface area contributed by atoms with Crippen LogP contribution in [0.5, 0.6) is 5.75 Å². The molecule has 10 heteroatoms. The fourth-order valence-electron chi connectivity index (χ4n) is 3.08. The van der Waals surface area contributed by atoms with Crippen LogP contribution in [0.1, 0.15) is 6.42 Å². The van der Waals surface area contributed by atoms with Gasteiger partial charge in [0.25, 0.3) is 0 Å². The summed E-state index contributed by atoms with van der Waals surface area (Å²) in [7, 11) is 0. The van der Waals surface area contributed by atoms with Crippen molar-refractivity contribution in [2.24, 2.45) is 5.73 Å². The average Bonchev–Trinajstić information content (AvgIpc) is 3.30. The Bertz CT molecular complexity index is 946. The lowest BCUT2D eigenvalue weighted by molar-refractivity contribution is 0.210. The number of hydrogen-bond donors (Lipinski definition) is 3. The number of nitrogens with zero attached hydrogens (tertiary/aromatic N) is 4. The van der Waals surface area contributed by atoms with Gasteiger partial charge in [0.2, 0.25) is 10.1 Å². The van der Waals surface area contributed by atoms with Gasteiger partial charge in [0.1, 0.15) is 17.5 Å². The van der Waals surface area contributed by atoms with Crippen LogP contribution in [-0.4, -0.2) is 50.9 Å². The fourth-order valence-corrected chi connectivity index (χ4v) is 4.12. The second kappa shape index (κ2) is 6.69. The Morgan fingerprint density at radius 1 is 1.46 bits per heavy atom. The number of aromatic nitrogens is 3. The highest BCUT2D eigenvalue weighted by Gasteiger charge is 2.35. The van der Waals surface area contributed by atoms with Crippen LogP contribution in [0.15, 0.2) is 24.4 Å². The monoisotopic (exact) mass is 395 g/mol. The molecular weight excluding hydrogens is 377 g/mol. The third kappa shape index (κ3) is 3.02. The van der Waals surface area contributed by atoms with Crippen molar-refractivity contribution in [3.05, 3.63) is 30.2 Å². The van der Waals surface area contributed by atoms with Gasteiger partial charge in [0.05, 0.1) is 24.0 Å². The van der Waals surface area contributed by atoms with Crippen molar-refractivity contribution in [1.29, 1.82) is 0 Å². The summed E-state index contributed by atoms with van der Waals surface area (Å²) in [4.78, 5) is 7.18. The molecule has 0 spiro atoms. The minimum Gasteiger partial charge on any atom is -0.482 e. The Balaban J connectivity index is 1.72. The standard InChI is InChI=1S/C16H18FN5O2S2/c17-10-1-2-11(13(5-10)24-9-25)12-6-19-14-22(12)20-15(26-14)21-4-3-16(18,7-21)8-23/h1-2,5-6,23,25H,3-4,7-9,18H2/t16-/m0/s1. The highest BCUT2D eigenvalue weighted by atomic mass is 32.1. The van der Waals surface area contributed by atoms with Crippen LogP contribution in [0, 0.1) is 5.82 Å². The second-order valence-corrected chi connectivity index (χ2v) is 7.52. The fraction of sp³-hybridized carbons (Fsp3) is 0.375. The zero-order valence-corrected chi connectivity index (χ0v) is 15.5. The quantitative estimate of drug-likeness (QED) is 0.451. The number of halogens is 1. The number of rotatable bonds is 5. The molecule has 2 aromatic heterocycles. The summed E-state index contributed by atoms with van der Waals surface area (Å²) in [5.74, 6) is 0.137. The second-order valence-electron chi connectivity index (χ2n) is 6.33. The number of imidazole rings is 1. The molecule has 0 aliphatic carbocycles. The Morgan fingerprint density at radius 2 is 2.31 bits per heavy atom. The molecule has 1 aromatic carbocycles. The largest absolute Gasteiger partial charge is 0.482 e. The first-order chi connectivity index (χ1) is 12.5. The predicted molar refractivity (Wildman–Crippen MR) is 102 cm³/mol. The molecule has 3 aromatic rings. The van der Waals surface area contributed by atoms with Crippen molar-refractivity contribution >= 4 is 34.1 Å². The number of benzene rings is 1. The summed E-state index contributed by atoms with van der Waals surface area (Å²) >= 11 is 5.50. The van der Waals surface area contributed by atoms with Crippen molar-refractivity contribution in [2.45, 2.75) is 12.0 Å². The minimum absolute atomic E-state index is 0.0583. The van der Waals surface area contributed by atoms with E-state index in [1.807, 2.05) is 0 Å². The molecule has 3 heterocycles. The molecule has 0 unspecified atom stereocenters. The topological polar surface area (TPSA) is 88.9 Å². The smallest absolute Gasteiger partial charge is 0.214 e. The van der Waals surface area contributed by atoms with Gasteiger partial charge >= 0.3 is 0 Å². The Kier molecular flexibility index (Phi) is 4.51. The predicted octanol–water partition coefficient (Wildman–Crippen LogP) is 1.76. The van der Waals surface area contributed by atoms with E-state index in [2.05, 4.69) is 27.6 Å². The molecule has 0 saturated carbocycles. The Morgan fingerprint density at radius 3 is 3.04 bits per heavy atom. The summed E-state index contributed by atoms with van der Waals surface area (Å²) in [6.07, 6.45) is 2.39. The van der Waals surface area contributed by atoms with Gasteiger partial charge in [0.15, 0.2) is 0 Å². The lowest BCUT2D eigenvalue weighted by Gasteiger charge is -2.21. The van der Waals surface area contributed by atoms with E-state index in [4.69, 9.17) is 10.5 Å². The third-order valence-electron chi connectivity index (χ3n) is 4.49. The highest BCUT2D eigenvalue weighted by molar-refractivity contribution is 7.80. The number of nitrogens with two attached hydrogens (primary N) is 1. The van der Waals surface area contributed by atoms with Gasteiger partial charge in [0, 0.05) is 24.7 Å². The van der Waals surface area contributed by atoms with E-state index in [1.165, 1.54) is 23.5 Å². The van der Waals surface area contributed by atoms with Crippen molar-refractivity contribution < 1.29 is 14.2 Å². The van der Waals surface area contributed by atoms with Gasteiger partial charge in [-0.25, -0.2) is 13.9 Å². The Hall–Kier alpha value is -1.88. The van der Waals surface area contributed by atoms with E-state index < -0.39 is 5.54 Å². The van der Waals surface area contributed by atoms with Gasteiger partial charge < -0.3 is 20.5 Å². The van der Waals surface area contributed by atoms with Gasteiger partial charge in [-0.2, -0.15) is 0 Å². The van der Waals surface area contributed by atoms with Crippen LogP contribution in [0.4, 0.5) is 9.52 Å². The molecule has 0 amide bonds. The van der Waals surface area contributed by atoms with E-state index in [-0.39, 0.29) is 18.4 Å². The third-order valence-corrected chi connectivity index (χ3v) is 5.60. The summed E-state index contributed by atoms with van der Waals surface area (Å²) in [6.45, 7) is 1.21. The lowest BCUT2D eigenvalue weighted by atomic mass is 10.0. The van der Waals surface area contributed by atoms with E-state index in [0.29, 0.717) is 30.0 Å². The molecule has 4 rings (SSSR count). The molecule has 138 valence electrons. The maximum Gasteiger partial charge on any atom is 0.214 e. The number of aliphatic hydroxyl groups excluding tert-OH is 1. The SMILES string of the molecule is N[C@@]1(CO)CCN(c2nn3c(-c4ccc(F)cc4OCS)cnc3s2)C1. The van der Waals surface area contributed by atoms with Crippen molar-refractivity contribution in [3.63, 3.8) is 0 Å². The zero-order valence-electron chi connectivity index (χ0n) is 13.8. The molecular formula is C16H18FN5O2S2. The summed E-state index contributed by atoms with van der Waals surface area (Å²) in [5, 5.41) is 14.9. The van der Waals surface area contributed by atoms with Crippen LogP contribution in [0.25, 0.3) is 16.2 Å². The number of ether oxygens (including phenoxy) is 1. The van der Waals surface area contributed by atoms with E-state index >= 15 is 0 Å². The molecule has 1 aliphatic rings. The maximum atomic E-state index is 13.6. The molecule has 1 fully saturated rings. The van der Waals surface area contributed by atoms with E-state index in [0.717, 1.165) is 16.6 Å². The number of fused-ring (bicyclic) bond motifs is 1. The first-order valence-electron chi connectivity index (χ1n) is 8.06. The molecule has 1 aliphatic heterocycles. The molecule has 0 radical (unpaired) electrons. The van der Waals surface area contributed by atoms with Crippen molar-refractivity contribution in [1.82, 2.24) is 14.6 Å². The molecule has 26 heavy (non-hydrogen) atoms. The first-order valence-corrected chi connectivity index (χ1v) is 9.51. The summed E-state index contributed by atoms with van der Waals surface area (Å²) in [5.41, 5.74) is 6.95. The van der Waals surface area contributed by atoms with Gasteiger partial charge in [-0.3, -0.25) is 0 Å². The van der Waals surface area contributed by atoms with Crippen LogP contribution < -0.4 is 15.4 Å². The molecule has 1 saturated heterocycles. The molecule has 0 bridgehead atoms. The van der Waals surface area contributed by atoms with Crippen LogP contribution >= 0.6 is 24.0 Å². The average molecular weight is 395 g/mol. The zero-order chi connectivity index (χ0) is 18.3. The van der Waals surface area contributed by atoms with Gasteiger partial charge in [-0.1, -0.05) is 11.3 Å². The number of aliphatic hydroxyl groups is 1. The number of thiol groups is 1. The van der Waals surface area contributed by atoms with Crippen LogP contribution in [0.3, 0.4) is 0 Å². The van der Waals surface area contributed by atoms with Gasteiger partial charge in [-0.15, -0.1) is 17.7 Å².